The molecule has 0 heteroatoms. The van der Waals surface area contributed by atoms with Crippen molar-refractivity contribution >= 4 is 5.57 Å². The molecule has 0 saturated carbocycles. The lowest BCUT2D eigenvalue weighted by atomic mass is 9.95. The minimum Gasteiger partial charge on any atom is -0.0999 e. The van der Waals surface area contributed by atoms with Gasteiger partial charge in [-0.2, -0.15) is 0 Å². The van der Waals surface area contributed by atoms with E-state index in [9.17, 15) is 0 Å². The van der Waals surface area contributed by atoms with Crippen LogP contribution in [-0.2, 0) is 6.42 Å². The lowest BCUT2D eigenvalue weighted by Crippen LogP contribution is -1.98. The maximum atomic E-state index is 4.00. The second kappa shape index (κ2) is 5.69. The molecule has 0 spiro atoms. The SMILES string of the molecule is C=C(C)c1cccc(CCC(C)C(=C)C)c1. The lowest BCUT2D eigenvalue weighted by Gasteiger charge is -2.11. The van der Waals surface area contributed by atoms with Crippen molar-refractivity contribution in [2.24, 2.45) is 5.92 Å². The molecule has 0 heterocycles. The fourth-order valence-corrected chi connectivity index (χ4v) is 1.62. The van der Waals surface area contributed by atoms with Gasteiger partial charge in [0.2, 0.25) is 0 Å². The molecular formula is C16H22. The van der Waals surface area contributed by atoms with E-state index in [1.165, 1.54) is 23.1 Å². The Hall–Kier alpha value is -1.30. The smallest absolute Gasteiger partial charge is 0.0231 e. The van der Waals surface area contributed by atoms with E-state index in [2.05, 4.69) is 58.2 Å². The van der Waals surface area contributed by atoms with Gasteiger partial charge in [0, 0.05) is 0 Å². The highest BCUT2D eigenvalue weighted by atomic mass is 14.1. The first-order chi connectivity index (χ1) is 7.50. The van der Waals surface area contributed by atoms with Crippen molar-refractivity contribution in [3.05, 3.63) is 54.1 Å². The van der Waals surface area contributed by atoms with Gasteiger partial charge in [0.25, 0.3) is 0 Å². The number of rotatable bonds is 5. The molecule has 0 saturated heterocycles. The summed E-state index contributed by atoms with van der Waals surface area (Å²) >= 11 is 0. The zero-order valence-corrected chi connectivity index (χ0v) is 10.7. The van der Waals surface area contributed by atoms with Crippen LogP contribution in [0.4, 0.5) is 0 Å². The van der Waals surface area contributed by atoms with Gasteiger partial charge in [-0.25, -0.2) is 0 Å². The van der Waals surface area contributed by atoms with Crippen LogP contribution in [0.3, 0.4) is 0 Å². The molecule has 1 rings (SSSR count). The third-order valence-corrected chi connectivity index (χ3v) is 3.13. The second-order valence-electron chi connectivity index (χ2n) is 4.77. The average Bonchev–Trinajstić information content (AvgIpc) is 2.26. The predicted octanol–water partition coefficient (Wildman–Crippen LogP) is 4.86. The third kappa shape index (κ3) is 3.69. The zero-order chi connectivity index (χ0) is 12.1. The molecule has 16 heavy (non-hydrogen) atoms. The summed E-state index contributed by atoms with van der Waals surface area (Å²) in [5.41, 5.74) is 5.06. The highest BCUT2D eigenvalue weighted by Gasteiger charge is 2.03. The van der Waals surface area contributed by atoms with E-state index in [0.717, 1.165) is 12.0 Å². The first-order valence-electron chi connectivity index (χ1n) is 5.91. The van der Waals surface area contributed by atoms with Crippen molar-refractivity contribution in [2.75, 3.05) is 0 Å². The Morgan fingerprint density at radius 3 is 2.50 bits per heavy atom. The summed E-state index contributed by atoms with van der Waals surface area (Å²) in [6, 6.07) is 8.67. The summed E-state index contributed by atoms with van der Waals surface area (Å²) in [4.78, 5) is 0. The summed E-state index contributed by atoms with van der Waals surface area (Å²) in [7, 11) is 0. The Kier molecular flexibility index (Phi) is 4.54. The number of aryl methyl sites for hydroxylation is 1. The van der Waals surface area contributed by atoms with Gasteiger partial charge in [0.15, 0.2) is 0 Å². The molecule has 0 N–H and O–H groups in total. The van der Waals surface area contributed by atoms with Crippen LogP contribution in [0, 0.1) is 5.92 Å². The van der Waals surface area contributed by atoms with Crippen molar-refractivity contribution in [2.45, 2.75) is 33.6 Å². The van der Waals surface area contributed by atoms with E-state index in [4.69, 9.17) is 0 Å². The van der Waals surface area contributed by atoms with E-state index in [-0.39, 0.29) is 0 Å². The van der Waals surface area contributed by atoms with E-state index in [1.807, 2.05) is 0 Å². The molecule has 0 amide bonds. The molecule has 1 unspecified atom stereocenters. The molecular weight excluding hydrogens is 192 g/mol. The standard InChI is InChI=1S/C16H22/c1-12(2)14(5)9-10-15-7-6-8-16(11-15)13(3)4/h6-8,11,14H,1,3,9-10H2,2,4-5H3. The fraction of sp³-hybridized carbons (Fsp3) is 0.375. The van der Waals surface area contributed by atoms with Crippen LogP contribution in [0.1, 0.15) is 38.3 Å². The summed E-state index contributed by atoms with van der Waals surface area (Å²) in [6.07, 6.45) is 2.30. The first-order valence-corrected chi connectivity index (χ1v) is 5.91. The molecule has 0 bridgehead atoms. The Balaban J connectivity index is 2.64. The van der Waals surface area contributed by atoms with Crippen LogP contribution in [-0.4, -0.2) is 0 Å². The van der Waals surface area contributed by atoms with E-state index >= 15 is 0 Å². The van der Waals surface area contributed by atoms with Gasteiger partial charge in [-0.15, -0.1) is 0 Å². The first kappa shape index (κ1) is 12.8. The molecule has 1 aromatic carbocycles. The van der Waals surface area contributed by atoms with Gasteiger partial charge in [-0.05, 0) is 43.7 Å². The van der Waals surface area contributed by atoms with Crippen molar-refractivity contribution in [1.82, 2.24) is 0 Å². The lowest BCUT2D eigenvalue weighted by molar-refractivity contribution is 0.615. The molecule has 0 fully saturated rings. The number of allylic oxidation sites excluding steroid dienone is 2. The topological polar surface area (TPSA) is 0 Å². The van der Waals surface area contributed by atoms with Crippen molar-refractivity contribution in [1.29, 1.82) is 0 Å². The van der Waals surface area contributed by atoms with Crippen molar-refractivity contribution in [3.8, 4) is 0 Å². The quantitative estimate of drug-likeness (QED) is 0.614. The van der Waals surface area contributed by atoms with Crippen molar-refractivity contribution in [3.63, 3.8) is 0 Å². The fourth-order valence-electron chi connectivity index (χ4n) is 1.62. The van der Waals surface area contributed by atoms with Gasteiger partial charge >= 0.3 is 0 Å². The van der Waals surface area contributed by atoms with Crippen LogP contribution in [0.15, 0.2) is 43.0 Å². The van der Waals surface area contributed by atoms with Crippen LogP contribution in [0.5, 0.6) is 0 Å². The van der Waals surface area contributed by atoms with Gasteiger partial charge in [0.05, 0.1) is 0 Å². The van der Waals surface area contributed by atoms with Gasteiger partial charge in [-0.3, -0.25) is 0 Å². The van der Waals surface area contributed by atoms with Crippen LogP contribution < -0.4 is 0 Å². The van der Waals surface area contributed by atoms with Gasteiger partial charge in [0.1, 0.15) is 0 Å². The minimum atomic E-state index is 0.605. The number of hydrogen-bond acceptors (Lipinski definition) is 0. The summed E-state index contributed by atoms with van der Waals surface area (Å²) < 4.78 is 0. The molecule has 0 radical (unpaired) electrons. The largest absolute Gasteiger partial charge is 0.0999 e. The molecule has 86 valence electrons. The maximum Gasteiger partial charge on any atom is -0.0231 e. The zero-order valence-electron chi connectivity index (χ0n) is 10.7. The van der Waals surface area contributed by atoms with Crippen LogP contribution in [0.25, 0.3) is 5.57 Å². The molecule has 0 aromatic heterocycles. The Morgan fingerprint density at radius 2 is 1.94 bits per heavy atom. The summed E-state index contributed by atoms with van der Waals surface area (Å²) in [5.74, 6) is 0.605. The second-order valence-corrected chi connectivity index (χ2v) is 4.77. The summed E-state index contributed by atoms with van der Waals surface area (Å²) in [6.45, 7) is 14.4. The van der Waals surface area contributed by atoms with Crippen LogP contribution >= 0.6 is 0 Å². The highest BCUT2D eigenvalue weighted by molar-refractivity contribution is 5.61. The molecule has 0 nitrogen and oxygen atoms in total. The predicted molar refractivity (Wildman–Crippen MR) is 73.4 cm³/mol. The van der Waals surface area contributed by atoms with E-state index in [0.29, 0.717) is 5.92 Å². The molecule has 1 aromatic rings. The van der Waals surface area contributed by atoms with Gasteiger partial charge in [-0.1, -0.05) is 55.5 Å². The highest BCUT2D eigenvalue weighted by Crippen LogP contribution is 2.18. The normalized spacial score (nSPS) is 12.2. The van der Waals surface area contributed by atoms with E-state index < -0.39 is 0 Å². The Labute approximate surface area is 99.7 Å². The molecule has 0 aliphatic rings. The molecule has 1 atom stereocenters. The molecule has 0 aliphatic carbocycles. The Bertz CT molecular complexity index is 385. The van der Waals surface area contributed by atoms with Crippen molar-refractivity contribution < 1.29 is 0 Å². The monoisotopic (exact) mass is 214 g/mol. The Morgan fingerprint density at radius 1 is 1.25 bits per heavy atom. The van der Waals surface area contributed by atoms with Gasteiger partial charge < -0.3 is 0 Å². The number of benzene rings is 1. The average molecular weight is 214 g/mol. The third-order valence-electron chi connectivity index (χ3n) is 3.13. The maximum absolute atomic E-state index is 4.00. The summed E-state index contributed by atoms with van der Waals surface area (Å²) in [5, 5.41) is 0. The number of hydrogen-bond donors (Lipinski definition) is 0. The van der Waals surface area contributed by atoms with Crippen LogP contribution in [0.2, 0.25) is 0 Å². The minimum absolute atomic E-state index is 0.605. The van der Waals surface area contributed by atoms with E-state index in [1.54, 1.807) is 0 Å². The molecule has 0 aliphatic heterocycles.